The second-order valence-corrected chi connectivity index (χ2v) is 5.51. The van der Waals surface area contributed by atoms with Crippen molar-refractivity contribution in [1.29, 1.82) is 0 Å². The molecule has 0 aliphatic rings. The smallest absolute Gasteiger partial charge is 0.118 e. The van der Waals surface area contributed by atoms with Gasteiger partial charge in [-0.15, -0.1) is 0 Å². The average Bonchev–Trinajstić information content (AvgIpc) is 2.44. The largest absolute Gasteiger partial charge is 0.508 e. The molecule has 20 heavy (non-hydrogen) atoms. The number of benzene rings is 2. The highest BCUT2D eigenvalue weighted by Gasteiger charge is 2.07. The van der Waals surface area contributed by atoms with E-state index in [9.17, 15) is 10.2 Å². The van der Waals surface area contributed by atoms with Crippen LogP contribution in [-0.4, -0.2) is 10.2 Å². The zero-order valence-electron chi connectivity index (χ0n) is 12.1. The van der Waals surface area contributed by atoms with Gasteiger partial charge in [-0.1, -0.05) is 31.2 Å². The van der Waals surface area contributed by atoms with Crippen molar-refractivity contribution in [3.8, 4) is 11.5 Å². The summed E-state index contributed by atoms with van der Waals surface area (Å²) in [4.78, 5) is 0. The summed E-state index contributed by atoms with van der Waals surface area (Å²) >= 11 is 0. The van der Waals surface area contributed by atoms with Gasteiger partial charge in [0.1, 0.15) is 11.5 Å². The first-order chi connectivity index (χ1) is 9.56. The van der Waals surface area contributed by atoms with Crippen LogP contribution >= 0.6 is 0 Å². The minimum absolute atomic E-state index is 0.321. The lowest BCUT2D eigenvalue weighted by Crippen LogP contribution is -1.96. The van der Waals surface area contributed by atoms with Crippen molar-refractivity contribution >= 4 is 0 Å². The van der Waals surface area contributed by atoms with Crippen LogP contribution in [0.15, 0.2) is 42.5 Å². The van der Waals surface area contributed by atoms with Gasteiger partial charge in [0.2, 0.25) is 0 Å². The van der Waals surface area contributed by atoms with Crippen molar-refractivity contribution in [3.05, 3.63) is 59.2 Å². The minimum atomic E-state index is 0.321. The Hall–Kier alpha value is -1.96. The van der Waals surface area contributed by atoms with E-state index >= 15 is 0 Å². The van der Waals surface area contributed by atoms with Crippen molar-refractivity contribution in [3.63, 3.8) is 0 Å². The standard InChI is InChI=1S/C18H22O2/c1-13(16-8-11-18(20)14(2)12-16)4-3-5-15-6-9-17(19)10-7-15/h6-13,19-20H,3-5H2,1-2H3. The Labute approximate surface area is 120 Å². The predicted molar refractivity (Wildman–Crippen MR) is 82.3 cm³/mol. The van der Waals surface area contributed by atoms with E-state index in [0.717, 1.165) is 24.8 Å². The molecule has 2 aromatic carbocycles. The first-order valence-electron chi connectivity index (χ1n) is 7.13. The van der Waals surface area contributed by atoms with E-state index in [4.69, 9.17) is 0 Å². The number of aryl methyl sites for hydroxylation is 2. The summed E-state index contributed by atoms with van der Waals surface area (Å²) in [5, 5.41) is 18.8. The number of hydrogen-bond donors (Lipinski definition) is 2. The molecule has 0 radical (unpaired) electrons. The molecule has 0 aromatic heterocycles. The monoisotopic (exact) mass is 270 g/mol. The number of rotatable bonds is 5. The Morgan fingerprint density at radius 2 is 1.70 bits per heavy atom. The SMILES string of the molecule is Cc1cc(C(C)CCCc2ccc(O)cc2)ccc1O. The quantitative estimate of drug-likeness (QED) is 0.837. The maximum absolute atomic E-state index is 9.55. The normalized spacial score (nSPS) is 12.3. The van der Waals surface area contributed by atoms with Gasteiger partial charge in [0.15, 0.2) is 0 Å². The van der Waals surface area contributed by atoms with Crippen molar-refractivity contribution < 1.29 is 10.2 Å². The molecule has 0 spiro atoms. The lowest BCUT2D eigenvalue weighted by molar-refractivity contribution is 0.470. The van der Waals surface area contributed by atoms with Crippen LogP contribution in [-0.2, 0) is 6.42 Å². The molecule has 1 atom stereocenters. The Morgan fingerprint density at radius 3 is 2.35 bits per heavy atom. The summed E-state index contributed by atoms with van der Waals surface area (Å²) in [6.45, 7) is 4.16. The molecule has 0 amide bonds. The van der Waals surface area contributed by atoms with Gasteiger partial charge >= 0.3 is 0 Å². The Bertz CT molecular complexity index is 558. The highest BCUT2D eigenvalue weighted by molar-refractivity contribution is 5.36. The maximum Gasteiger partial charge on any atom is 0.118 e. The third-order valence-electron chi connectivity index (χ3n) is 3.83. The second-order valence-electron chi connectivity index (χ2n) is 5.51. The fourth-order valence-electron chi connectivity index (χ4n) is 2.43. The molecule has 0 bridgehead atoms. The molecule has 2 rings (SSSR count). The van der Waals surface area contributed by atoms with E-state index in [0.29, 0.717) is 17.4 Å². The molecule has 0 saturated carbocycles. The van der Waals surface area contributed by atoms with E-state index in [1.165, 1.54) is 11.1 Å². The van der Waals surface area contributed by atoms with Gasteiger partial charge in [-0.25, -0.2) is 0 Å². The summed E-state index contributed by atoms with van der Waals surface area (Å²) < 4.78 is 0. The molecule has 1 unspecified atom stereocenters. The van der Waals surface area contributed by atoms with Crippen LogP contribution < -0.4 is 0 Å². The van der Waals surface area contributed by atoms with Crippen LogP contribution in [0.3, 0.4) is 0 Å². The average molecular weight is 270 g/mol. The van der Waals surface area contributed by atoms with Gasteiger partial charge in [0.25, 0.3) is 0 Å². The Kier molecular flexibility index (Phi) is 4.67. The predicted octanol–water partition coefficient (Wildman–Crippen LogP) is 4.53. The molecular formula is C18H22O2. The summed E-state index contributed by atoms with van der Waals surface area (Å²) in [6.07, 6.45) is 3.26. The molecule has 2 nitrogen and oxygen atoms in total. The lowest BCUT2D eigenvalue weighted by Gasteiger charge is -2.13. The van der Waals surface area contributed by atoms with E-state index in [-0.39, 0.29) is 0 Å². The molecule has 0 saturated heterocycles. The van der Waals surface area contributed by atoms with Crippen LogP contribution in [0, 0.1) is 6.92 Å². The van der Waals surface area contributed by atoms with Crippen molar-refractivity contribution in [2.24, 2.45) is 0 Å². The van der Waals surface area contributed by atoms with E-state index < -0.39 is 0 Å². The van der Waals surface area contributed by atoms with Crippen molar-refractivity contribution in [1.82, 2.24) is 0 Å². The van der Waals surface area contributed by atoms with Crippen LogP contribution in [0.1, 0.15) is 42.4 Å². The van der Waals surface area contributed by atoms with Gasteiger partial charge < -0.3 is 10.2 Å². The van der Waals surface area contributed by atoms with E-state index in [1.54, 1.807) is 18.2 Å². The number of aromatic hydroxyl groups is 2. The van der Waals surface area contributed by atoms with Gasteiger partial charge in [0, 0.05) is 0 Å². The number of phenolic OH excluding ortho intramolecular Hbond substituents is 2. The molecule has 0 heterocycles. The number of phenols is 2. The molecule has 0 aliphatic carbocycles. The highest BCUT2D eigenvalue weighted by atomic mass is 16.3. The summed E-state index contributed by atoms with van der Waals surface area (Å²) in [5.74, 6) is 1.18. The zero-order chi connectivity index (χ0) is 14.5. The minimum Gasteiger partial charge on any atom is -0.508 e. The van der Waals surface area contributed by atoms with Gasteiger partial charge in [-0.2, -0.15) is 0 Å². The summed E-state index contributed by atoms with van der Waals surface area (Å²) in [5.41, 5.74) is 3.48. The topological polar surface area (TPSA) is 40.5 Å². The first-order valence-corrected chi connectivity index (χ1v) is 7.13. The van der Waals surface area contributed by atoms with Gasteiger partial charge in [-0.3, -0.25) is 0 Å². The number of hydrogen-bond acceptors (Lipinski definition) is 2. The zero-order valence-corrected chi connectivity index (χ0v) is 12.1. The van der Waals surface area contributed by atoms with E-state index in [2.05, 4.69) is 13.0 Å². The fourth-order valence-corrected chi connectivity index (χ4v) is 2.43. The molecule has 2 aromatic rings. The third-order valence-corrected chi connectivity index (χ3v) is 3.83. The van der Waals surface area contributed by atoms with Crippen molar-refractivity contribution in [2.75, 3.05) is 0 Å². The van der Waals surface area contributed by atoms with Crippen LogP contribution in [0.4, 0.5) is 0 Å². The van der Waals surface area contributed by atoms with Crippen LogP contribution in [0.2, 0.25) is 0 Å². The second kappa shape index (κ2) is 6.47. The van der Waals surface area contributed by atoms with Crippen molar-refractivity contribution in [2.45, 2.75) is 39.0 Å². The highest BCUT2D eigenvalue weighted by Crippen LogP contribution is 2.26. The third kappa shape index (κ3) is 3.77. The van der Waals surface area contributed by atoms with Gasteiger partial charge in [-0.05, 0) is 67.0 Å². The summed E-state index contributed by atoms with van der Waals surface area (Å²) in [7, 11) is 0. The van der Waals surface area contributed by atoms with Crippen LogP contribution in [0.25, 0.3) is 0 Å². The van der Waals surface area contributed by atoms with E-state index in [1.807, 2.05) is 25.1 Å². The molecule has 2 heteroatoms. The molecule has 0 fully saturated rings. The molecule has 0 aliphatic heterocycles. The lowest BCUT2D eigenvalue weighted by atomic mass is 9.93. The Balaban J connectivity index is 1.87. The molecule has 106 valence electrons. The first kappa shape index (κ1) is 14.4. The fraction of sp³-hybridized carbons (Fsp3) is 0.333. The van der Waals surface area contributed by atoms with Crippen LogP contribution in [0.5, 0.6) is 11.5 Å². The molecular weight excluding hydrogens is 248 g/mol. The maximum atomic E-state index is 9.55. The van der Waals surface area contributed by atoms with Gasteiger partial charge in [0.05, 0.1) is 0 Å². The molecule has 2 N–H and O–H groups in total. The Morgan fingerprint density at radius 1 is 1.00 bits per heavy atom. The summed E-state index contributed by atoms with van der Waals surface area (Å²) in [6, 6.07) is 13.3.